The van der Waals surface area contributed by atoms with Gasteiger partial charge in [-0.2, -0.15) is 5.10 Å². The third-order valence-electron chi connectivity index (χ3n) is 9.78. The highest BCUT2D eigenvalue weighted by molar-refractivity contribution is 7.92. The van der Waals surface area contributed by atoms with Gasteiger partial charge in [0.25, 0.3) is 5.91 Å². The Kier molecular flexibility index (Phi) is 8.91. The van der Waals surface area contributed by atoms with Gasteiger partial charge in [-0.25, -0.2) is 17.9 Å². The lowest BCUT2D eigenvalue weighted by Crippen LogP contribution is -2.42. The van der Waals surface area contributed by atoms with Crippen LogP contribution in [0.15, 0.2) is 55.2 Å². The maximum Gasteiger partial charge on any atom is 0.256 e. The van der Waals surface area contributed by atoms with Crippen LogP contribution in [0.4, 0.5) is 5.69 Å². The smallest absolute Gasteiger partial charge is 0.256 e. The Morgan fingerprint density at radius 2 is 1.74 bits per heavy atom. The van der Waals surface area contributed by atoms with Gasteiger partial charge in [0.2, 0.25) is 10.0 Å². The molecule has 4 aromatic rings. The van der Waals surface area contributed by atoms with Gasteiger partial charge >= 0.3 is 0 Å². The van der Waals surface area contributed by atoms with Gasteiger partial charge in [0.15, 0.2) is 5.65 Å². The number of fused-ring (bicyclic) bond motifs is 1. The van der Waals surface area contributed by atoms with E-state index >= 15 is 0 Å². The molecule has 47 heavy (non-hydrogen) atoms. The first-order chi connectivity index (χ1) is 22.3. The van der Waals surface area contributed by atoms with Gasteiger partial charge in [0.1, 0.15) is 0 Å². The SMILES string of the molecule is C=C(c1cc(C)ccc1-c1ccc(NS(C)(=O)=O)c(C(=O)N2CCCC(C)C2c2cc3nc(C)c(C)cn3n2)c1)N1CCCC(C)C1. The van der Waals surface area contributed by atoms with Gasteiger partial charge in [-0.1, -0.05) is 44.2 Å². The number of hydrogen-bond acceptors (Lipinski definition) is 6. The molecule has 2 aliphatic heterocycles. The van der Waals surface area contributed by atoms with Crippen molar-refractivity contribution in [1.82, 2.24) is 24.4 Å². The maximum absolute atomic E-state index is 14.7. The lowest BCUT2D eigenvalue weighted by Gasteiger charge is -2.39. The Morgan fingerprint density at radius 1 is 0.979 bits per heavy atom. The van der Waals surface area contributed by atoms with Crippen LogP contribution >= 0.6 is 0 Å². The van der Waals surface area contributed by atoms with E-state index in [4.69, 9.17) is 10.1 Å². The third kappa shape index (κ3) is 6.79. The van der Waals surface area contributed by atoms with Crippen molar-refractivity contribution in [3.8, 4) is 11.1 Å². The molecular formula is C37H46N6O3S. The van der Waals surface area contributed by atoms with Crippen molar-refractivity contribution >= 4 is 33.0 Å². The summed E-state index contributed by atoms with van der Waals surface area (Å²) < 4.78 is 29.4. The van der Waals surface area contributed by atoms with Crippen molar-refractivity contribution in [3.05, 3.63) is 88.9 Å². The quantitative estimate of drug-likeness (QED) is 0.230. The highest BCUT2D eigenvalue weighted by Gasteiger charge is 2.36. The highest BCUT2D eigenvalue weighted by Crippen LogP contribution is 2.39. The summed E-state index contributed by atoms with van der Waals surface area (Å²) in [6, 6.07) is 13.4. The van der Waals surface area contributed by atoms with Crippen LogP contribution in [0, 0.1) is 32.6 Å². The second-order valence-electron chi connectivity index (χ2n) is 13.8. The van der Waals surface area contributed by atoms with Gasteiger partial charge in [0.05, 0.1) is 29.2 Å². The van der Waals surface area contributed by atoms with Crippen molar-refractivity contribution in [2.75, 3.05) is 30.6 Å². The fourth-order valence-corrected chi connectivity index (χ4v) is 7.79. The van der Waals surface area contributed by atoms with Crippen LogP contribution in [-0.4, -0.2) is 64.6 Å². The summed E-state index contributed by atoms with van der Waals surface area (Å²) in [7, 11) is -3.66. The molecule has 6 rings (SSSR count). The van der Waals surface area contributed by atoms with E-state index in [-0.39, 0.29) is 23.6 Å². The first kappa shape index (κ1) is 32.7. The summed E-state index contributed by atoms with van der Waals surface area (Å²) in [6.07, 6.45) is 7.21. The number of aryl methyl sites for hydroxylation is 3. The molecule has 4 heterocycles. The zero-order valence-corrected chi connectivity index (χ0v) is 29.2. The van der Waals surface area contributed by atoms with E-state index in [1.165, 1.54) is 6.42 Å². The van der Waals surface area contributed by atoms with Crippen molar-refractivity contribution in [1.29, 1.82) is 0 Å². The summed E-state index contributed by atoms with van der Waals surface area (Å²) in [5, 5.41) is 4.89. The van der Waals surface area contributed by atoms with Crippen LogP contribution in [0.5, 0.6) is 0 Å². The summed E-state index contributed by atoms with van der Waals surface area (Å²) >= 11 is 0. The maximum atomic E-state index is 14.7. The van der Waals surface area contributed by atoms with E-state index in [0.717, 1.165) is 89.2 Å². The predicted molar refractivity (Wildman–Crippen MR) is 189 cm³/mol. The number of aromatic nitrogens is 3. The Bertz CT molecular complexity index is 1930. The van der Waals surface area contributed by atoms with Gasteiger partial charge in [0, 0.05) is 48.9 Å². The molecule has 0 bridgehead atoms. The molecule has 1 amide bonds. The molecule has 1 N–H and O–H groups in total. The second kappa shape index (κ2) is 12.8. The number of sulfonamides is 1. The minimum atomic E-state index is -3.66. The number of likely N-dealkylation sites (tertiary alicyclic amines) is 2. The van der Waals surface area contributed by atoms with Crippen molar-refractivity contribution < 1.29 is 13.2 Å². The molecule has 9 nitrogen and oxygen atoms in total. The highest BCUT2D eigenvalue weighted by atomic mass is 32.2. The van der Waals surface area contributed by atoms with Gasteiger partial charge in [-0.05, 0) is 93.2 Å². The molecule has 2 fully saturated rings. The number of amides is 1. The molecule has 3 unspecified atom stereocenters. The monoisotopic (exact) mass is 654 g/mol. The Hall–Kier alpha value is -4.18. The van der Waals surface area contributed by atoms with Crippen LogP contribution in [0.1, 0.15) is 84.0 Å². The summed E-state index contributed by atoms with van der Waals surface area (Å²) in [6.45, 7) is 17.5. The molecule has 2 aliphatic rings. The number of nitrogens with zero attached hydrogens (tertiary/aromatic N) is 5. The molecule has 2 aromatic carbocycles. The van der Waals surface area contributed by atoms with Crippen molar-refractivity contribution in [3.63, 3.8) is 0 Å². The number of piperidine rings is 2. The standard InChI is InChI=1S/C37H46N6O3S/c1-23-12-14-30(31(18-23)28(6)41-16-8-10-24(2)21-41)29-13-15-33(40-47(7,45)46)32(19-29)37(44)42-17-9-11-25(3)36(42)34-20-35-38-27(5)26(4)22-43(35)39-34/h12-15,18-20,22,24-25,36,40H,6,8-11,16-17,21H2,1-5,7H3. The van der Waals surface area contributed by atoms with E-state index in [2.05, 4.69) is 55.2 Å². The van der Waals surface area contributed by atoms with E-state index < -0.39 is 10.0 Å². The van der Waals surface area contributed by atoms with Crippen LogP contribution in [0.3, 0.4) is 0 Å². The summed E-state index contributed by atoms with van der Waals surface area (Å²) in [5.74, 6) is 0.508. The van der Waals surface area contributed by atoms with Gasteiger partial charge < -0.3 is 9.80 Å². The first-order valence-electron chi connectivity index (χ1n) is 16.6. The van der Waals surface area contributed by atoms with E-state index in [1.54, 1.807) is 10.6 Å². The molecule has 10 heteroatoms. The zero-order valence-electron chi connectivity index (χ0n) is 28.4. The normalized spacial score (nSPS) is 20.4. The average Bonchev–Trinajstić information content (AvgIpc) is 3.41. The van der Waals surface area contributed by atoms with Crippen LogP contribution < -0.4 is 4.72 Å². The molecule has 0 radical (unpaired) electrons. The largest absolute Gasteiger partial charge is 0.371 e. The van der Waals surface area contributed by atoms with E-state index in [1.807, 2.05) is 43.1 Å². The molecule has 2 aromatic heterocycles. The Labute approximate surface area is 278 Å². The Morgan fingerprint density at radius 3 is 2.49 bits per heavy atom. The number of carbonyl (C=O) groups excluding carboxylic acids is 1. The van der Waals surface area contributed by atoms with Crippen LogP contribution in [-0.2, 0) is 10.0 Å². The lowest BCUT2D eigenvalue weighted by molar-refractivity contribution is 0.0506. The Balaban J connectivity index is 1.43. The third-order valence-corrected chi connectivity index (χ3v) is 10.4. The van der Waals surface area contributed by atoms with Crippen molar-refractivity contribution in [2.45, 2.75) is 66.3 Å². The minimum Gasteiger partial charge on any atom is -0.371 e. The molecule has 0 saturated carbocycles. The molecule has 0 spiro atoms. The number of carbonyl (C=O) groups is 1. The molecule has 248 valence electrons. The molecule has 2 saturated heterocycles. The fraction of sp³-hybridized carbons (Fsp3) is 0.432. The van der Waals surface area contributed by atoms with Crippen LogP contribution in [0.25, 0.3) is 22.5 Å². The molecular weight excluding hydrogens is 609 g/mol. The molecule has 3 atom stereocenters. The number of benzene rings is 2. The lowest BCUT2D eigenvalue weighted by atomic mass is 9.87. The predicted octanol–water partition coefficient (Wildman–Crippen LogP) is 7.01. The number of nitrogens with one attached hydrogen (secondary N) is 1. The molecule has 0 aliphatic carbocycles. The van der Waals surface area contributed by atoms with Gasteiger partial charge in [-0.15, -0.1) is 0 Å². The topological polar surface area (TPSA) is 99.9 Å². The first-order valence-corrected chi connectivity index (χ1v) is 18.5. The van der Waals surface area contributed by atoms with Crippen LogP contribution in [0.2, 0.25) is 0 Å². The minimum absolute atomic E-state index is 0.147. The van der Waals surface area contributed by atoms with E-state index in [9.17, 15) is 13.2 Å². The average molecular weight is 655 g/mol. The fourth-order valence-electron chi connectivity index (χ4n) is 7.22. The van der Waals surface area contributed by atoms with Crippen molar-refractivity contribution in [2.24, 2.45) is 11.8 Å². The zero-order chi connectivity index (χ0) is 33.6. The summed E-state index contributed by atoms with van der Waals surface area (Å²) in [4.78, 5) is 23.7. The number of hydrogen-bond donors (Lipinski definition) is 1. The van der Waals surface area contributed by atoms with Gasteiger partial charge in [-0.3, -0.25) is 9.52 Å². The van der Waals surface area contributed by atoms with E-state index in [0.29, 0.717) is 18.0 Å². The summed E-state index contributed by atoms with van der Waals surface area (Å²) in [5.41, 5.74) is 8.98. The number of rotatable bonds is 7. The number of anilines is 1. The second-order valence-corrected chi connectivity index (χ2v) is 15.5.